The van der Waals surface area contributed by atoms with Gasteiger partial charge >= 0.3 is 10.3 Å². The summed E-state index contributed by atoms with van der Waals surface area (Å²) in [4.78, 5) is 8.49. The zero-order valence-corrected chi connectivity index (χ0v) is 18.3. The molecule has 32 heavy (non-hydrogen) atoms. The Hall–Kier alpha value is -2.35. The maximum absolute atomic E-state index is 11.0. The van der Waals surface area contributed by atoms with Gasteiger partial charge in [0.1, 0.15) is 24.1 Å². The lowest BCUT2D eigenvalue weighted by Gasteiger charge is -2.22. The van der Waals surface area contributed by atoms with Gasteiger partial charge in [-0.1, -0.05) is 24.3 Å². The van der Waals surface area contributed by atoms with Crippen molar-refractivity contribution in [1.29, 1.82) is 0 Å². The van der Waals surface area contributed by atoms with Gasteiger partial charge in [0.2, 0.25) is 0 Å². The average Bonchev–Trinajstić information content (AvgIpc) is 3.24. The van der Waals surface area contributed by atoms with Gasteiger partial charge in [0.25, 0.3) is 0 Å². The summed E-state index contributed by atoms with van der Waals surface area (Å²) in [5.41, 5.74) is 2.37. The van der Waals surface area contributed by atoms with E-state index in [2.05, 4.69) is 36.9 Å². The molecule has 1 aromatic carbocycles. The van der Waals surface area contributed by atoms with Crippen LogP contribution in [0.25, 0.3) is 0 Å². The van der Waals surface area contributed by atoms with Crippen LogP contribution in [0.4, 0.5) is 11.6 Å². The molecule has 0 aliphatic heterocycles. The number of anilines is 2. The zero-order chi connectivity index (χ0) is 22.9. The van der Waals surface area contributed by atoms with Crippen LogP contribution < -0.4 is 15.8 Å². The van der Waals surface area contributed by atoms with Gasteiger partial charge in [0.05, 0.1) is 30.9 Å². The summed E-state index contributed by atoms with van der Waals surface area (Å²) in [7, 11) is -2.44. The van der Waals surface area contributed by atoms with E-state index in [0.717, 1.165) is 12.0 Å². The summed E-state index contributed by atoms with van der Waals surface area (Å²) < 4.78 is 32.3. The first-order valence-electron chi connectivity index (χ1n) is 10.2. The standard InChI is InChI=1S/C20H27N5O6S/c1-30-15-7-11-4-2-3-5-13(11)18(15)25-17-8-16(22-10-23-17)24-14-6-12(19(26)20(14)27)9-31-32(21,28)29/h2-5,8,10,12,14-15,18-20,26-27H,6-7,9H2,1H3,(H2,21,28,29)(H2,22,23,24,25)/t12-,14-,15+,18-,19-,20+/m1/s1. The number of methoxy groups -OCH3 is 1. The van der Waals surface area contributed by atoms with Crippen LogP contribution in [0.5, 0.6) is 0 Å². The van der Waals surface area contributed by atoms with Crippen molar-refractivity contribution in [2.45, 2.75) is 43.2 Å². The van der Waals surface area contributed by atoms with E-state index < -0.39 is 34.5 Å². The fourth-order valence-electron chi connectivity index (χ4n) is 4.43. The zero-order valence-electron chi connectivity index (χ0n) is 17.5. The number of benzene rings is 1. The molecule has 0 amide bonds. The van der Waals surface area contributed by atoms with Gasteiger partial charge in [-0.15, -0.1) is 0 Å². The van der Waals surface area contributed by atoms with Crippen LogP contribution in [0.2, 0.25) is 0 Å². The molecule has 2 aromatic rings. The second-order valence-corrected chi connectivity index (χ2v) is 9.31. The van der Waals surface area contributed by atoms with Crippen LogP contribution >= 0.6 is 0 Å². The minimum atomic E-state index is -4.13. The van der Waals surface area contributed by atoms with E-state index in [1.165, 1.54) is 11.9 Å². The molecule has 1 aromatic heterocycles. The molecular formula is C20H27N5O6S. The van der Waals surface area contributed by atoms with Gasteiger partial charge in [0, 0.05) is 25.5 Å². The molecule has 0 bridgehead atoms. The van der Waals surface area contributed by atoms with E-state index in [-0.39, 0.29) is 25.2 Å². The predicted octanol–water partition coefficient (Wildman–Crippen LogP) is -0.0568. The molecule has 0 unspecified atom stereocenters. The Labute approximate surface area is 186 Å². The van der Waals surface area contributed by atoms with Crippen LogP contribution in [-0.2, 0) is 25.6 Å². The minimum absolute atomic E-state index is 0.0369. The fourth-order valence-corrected chi connectivity index (χ4v) is 4.79. The molecule has 0 spiro atoms. The van der Waals surface area contributed by atoms with Gasteiger partial charge < -0.3 is 25.6 Å². The molecular weight excluding hydrogens is 438 g/mol. The van der Waals surface area contributed by atoms with Crippen molar-refractivity contribution in [2.75, 3.05) is 24.4 Å². The highest BCUT2D eigenvalue weighted by molar-refractivity contribution is 7.84. The lowest BCUT2D eigenvalue weighted by Crippen LogP contribution is -2.36. The molecule has 1 fully saturated rings. The summed E-state index contributed by atoms with van der Waals surface area (Å²) in [5, 5.41) is 31.9. The van der Waals surface area contributed by atoms with E-state index >= 15 is 0 Å². The lowest BCUT2D eigenvalue weighted by molar-refractivity contribution is 0.00778. The van der Waals surface area contributed by atoms with Crippen molar-refractivity contribution in [1.82, 2.24) is 9.97 Å². The van der Waals surface area contributed by atoms with E-state index in [1.807, 2.05) is 12.1 Å². The molecule has 4 rings (SSSR count). The van der Waals surface area contributed by atoms with Crippen molar-refractivity contribution in [2.24, 2.45) is 11.1 Å². The number of ether oxygens (including phenoxy) is 1. The Balaban J connectivity index is 1.43. The Morgan fingerprint density at radius 1 is 1.16 bits per heavy atom. The number of nitrogens with one attached hydrogen (secondary N) is 2. The first kappa shape index (κ1) is 22.8. The molecule has 2 aliphatic rings. The summed E-state index contributed by atoms with van der Waals surface area (Å²) in [6.07, 6.45) is 0.139. The van der Waals surface area contributed by atoms with Crippen molar-refractivity contribution >= 4 is 21.9 Å². The van der Waals surface area contributed by atoms with Gasteiger partial charge in [-0.3, -0.25) is 4.18 Å². The Bertz CT molecular complexity index is 1050. The lowest BCUT2D eigenvalue weighted by atomic mass is 10.1. The van der Waals surface area contributed by atoms with Crippen molar-refractivity contribution < 1.29 is 27.6 Å². The highest BCUT2D eigenvalue weighted by Crippen LogP contribution is 2.35. The topological polar surface area (TPSA) is 169 Å². The second-order valence-electron chi connectivity index (χ2n) is 8.09. The molecule has 1 saturated carbocycles. The number of aliphatic hydroxyl groups excluding tert-OH is 2. The third-order valence-electron chi connectivity index (χ3n) is 6.04. The molecule has 6 atom stereocenters. The number of rotatable bonds is 8. The van der Waals surface area contributed by atoms with Crippen molar-refractivity contribution in [3.63, 3.8) is 0 Å². The number of nitrogens with two attached hydrogens (primary N) is 1. The smallest absolute Gasteiger partial charge is 0.333 e. The fraction of sp³-hybridized carbons (Fsp3) is 0.500. The predicted molar refractivity (Wildman–Crippen MR) is 116 cm³/mol. The molecule has 174 valence electrons. The maximum Gasteiger partial charge on any atom is 0.333 e. The minimum Gasteiger partial charge on any atom is -0.390 e. The van der Waals surface area contributed by atoms with Gasteiger partial charge in [-0.25, -0.2) is 15.1 Å². The molecule has 1 heterocycles. The maximum atomic E-state index is 11.0. The highest BCUT2D eigenvalue weighted by atomic mass is 32.2. The first-order valence-corrected chi connectivity index (χ1v) is 11.7. The van der Waals surface area contributed by atoms with Crippen LogP contribution in [-0.4, -0.2) is 66.7 Å². The van der Waals surface area contributed by atoms with E-state index in [0.29, 0.717) is 11.6 Å². The van der Waals surface area contributed by atoms with Gasteiger partial charge in [-0.05, 0) is 17.5 Å². The van der Waals surface area contributed by atoms with Crippen molar-refractivity contribution in [3.05, 3.63) is 47.8 Å². The number of nitrogens with zero attached hydrogens (tertiary/aromatic N) is 2. The van der Waals surface area contributed by atoms with Crippen LogP contribution in [0.15, 0.2) is 36.7 Å². The number of hydrogen-bond donors (Lipinski definition) is 5. The normalized spacial score (nSPS) is 29.6. The van der Waals surface area contributed by atoms with E-state index in [1.54, 1.807) is 13.2 Å². The van der Waals surface area contributed by atoms with Gasteiger partial charge in [0.15, 0.2) is 0 Å². The Morgan fingerprint density at radius 2 is 1.88 bits per heavy atom. The average molecular weight is 466 g/mol. The second kappa shape index (κ2) is 9.25. The third-order valence-corrected chi connectivity index (χ3v) is 6.50. The number of fused-ring (bicyclic) bond motifs is 1. The quantitative estimate of drug-likeness (QED) is 0.356. The molecule has 6 N–H and O–H groups in total. The number of aromatic nitrogens is 2. The Morgan fingerprint density at radius 3 is 2.59 bits per heavy atom. The monoisotopic (exact) mass is 465 g/mol. The van der Waals surface area contributed by atoms with Crippen LogP contribution in [0.3, 0.4) is 0 Å². The number of aliphatic hydroxyl groups is 2. The summed E-state index contributed by atoms with van der Waals surface area (Å²) in [6.45, 7) is -0.314. The highest BCUT2D eigenvalue weighted by Gasteiger charge is 2.42. The third kappa shape index (κ3) is 5.00. The van der Waals surface area contributed by atoms with Crippen molar-refractivity contribution in [3.8, 4) is 0 Å². The molecule has 0 radical (unpaired) electrons. The molecule has 12 heteroatoms. The largest absolute Gasteiger partial charge is 0.390 e. The first-order chi connectivity index (χ1) is 15.2. The molecule has 2 aliphatic carbocycles. The summed E-state index contributed by atoms with van der Waals surface area (Å²) in [6, 6.07) is 9.22. The summed E-state index contributed by atoms with van der Waals surface area (Å²) in [5.74, 6) is 0.429. The van der Waals surface area contributed by atoms with Crippen LogP contribution in [0.1, 0.15) is 23.6 Å². The van der Waals surface area contributed by atoms with Crippen LogP contribution in [0, 0.1) is 5.92 Å². The summed E-state index contributed by atoms with van der Waals surface area (Å²) >= 11 is 0. The Kier molecular flexibility index (Phi) is 6.60. The molecule has 0 saturated heterocycles. The van der Waals surface area contributed by atoms with E-state index in [9.17, 15) is 18.6 Å². The van der Waals surface area contributed by atoms with Gasteiger partial charge in [-0.2, -0.15) is 8.42 Å². The molecule has 11 nitrogen and oxygen atoms in total. The van der Waals surface area contributed by atoms with E-state index in [4.69, 9.17) is 9.88 Å². The number of hydrogen-bond acceptors (Lipinski definition) is 10. The SMILES string of the molecule is CO[C@H]1Cc2ccccc2[C@H]1Nc1cc(N[C@@H]2C[C@H](COS(N)(=O)=O)[C@@H](O)[C@H]2O)ncn1.